The van der Waals surface area contributed by atoms with Gasteiger partial charge in [-0.2, -0.15) is 0 Å². The van der Waals surface area contributed by atoms with E-state index in [-0.39, 0.29) is 17.5 Å². The van der Waals surface area contributed by atoms with Crippen LogP contribution in [0.25, 0.3) is 11.3 Å². The molecule has 96 valence electrons. The molecule has 0 aliphatic heterocycles. The molecule has 1 atom stereocenters. The molecule has 0 radical (unpaired) electrons. The quantitative estimate of drug-likeness (QED) is 0.921. The van der Waals surface area contributed by atoms with Crippen molar-refractivity contribution in [3.8, 4) is 11.3 Å². The van der Waals surface area contributed by atoms with E-state index in [0.717, 1.165) is 0 Å². The summed E-state index contributed by atoms with van der Waals surface area (Å²) in [5.74, 6) is -0.982. The van der Waals surface area contributed by atoms with Gasteiger partial charge in [0.1, 0.15) is 16.6 Å². The standard InChI is InChI=1S/C13H14F2N2S/c1-7(2)12(16)13-17-10(6-18-13)11-8(14)4-3-5-9(11)15/h3-7,12H,16H2,1-2H3. The number of thiazole rings is 1. The van der Waals surface area contributed by atoms with Crippen LogP contribution in [0, 0.1) is 17.6 Å². The molecule has 2 N–H and O–H groups in total. The lowest BCUT2D eigenvalue weighted by Crippen LogP contribution is -2.16. The third kappa shape index (κ3) is 2.42. The van der Waals surface area contributed by atoms with Crippen molar-refractivity contribution in [2.45, 2.75) is 19.9 Å². The van der Waals surface area contributed by atoms with Gasteiger partial charge in [0.15, 0.2) is 0 Å². The fraction of sp³-hybridized carbons (Fsp3) is 0.308. The number of hydrogen-bond donors (Lipinski definition) is 1. The van der Waals surface area contributed by atoms with Gasteiger partial charge in [0.2, 0.25) is 0 Å². The zero-order valence-electron chi connectivity index (χ0n) is 10.2. The summed E-state index contributed by atoms with van der Waals surface area (Å²) in [5.41, 5.74) is 6.19. The van der Waals surface area contributed by atoms with Crippen LogP contribution in [0.3, 0.4) is 0 Å². The van der Waals surface area contributed by atoms with Crippen molar-refractivity contribution in [2.75, 3.05) is 0 Å². The summed E-state index contributed by atoms with van der Waals surface area (Å²) in [6.07, 6.45) is 0. The van der Waals surface area contributed by atoms with Crippen molar-refractivity contribution in [3.05, 3.63) is 40.2 Å². The highest BCUT2D eigenvalue weighted by atomic mass is 32.1. The van der Waals surface area contributed by atoms with Crippen molar-refractivity contribution in [2.24, 2.45) is 11.7 Å². The second kappa shape index (κ2) is 5.12. The number of aromatic nitrogens is 1. The first-order valence-electron chi connectivity index (χ1n) is 5.66. The van der Waals surface area contributed by atoms with Crippen molar-refractivity contribution >= 4 is 11.3 Å². The zero-order valence-corrected chi connectivity index (χ0v) is 11.0. The Hall–Kier alpha value is -1.33. The van der Waals surface area contributed by atoms with Crippen LogP contribution in [0.4, 0.5) is 8.78 Å². The minimum atomic E-state index is -0.607. The molecule has 2 nitrogen and oxygen atoms in total. The second-order valence-corrected chi connectivity index (χ2v) is 5.33. The smallest absolute Gasteiger partial charge is 0.135 e. The molecule has 0 aliphatic rings. The third-order valence-corrected chi connectivity index (χ3v) is 3.69. The predicted molar refractivity (Wildman–Crippen MR) is 69.2 cm³/mol. The maximum atomic E-state index is 13.6. The number of rotatable bonds is 3. The van der Waals surface area contributed by atoms with Gasteiger partial charge in [0.25, 0.3) is 0 Å². The molecule has 18 heavy (non-hydrogen) atoms. The highest BCUT2D eigenvalue weighted by Crippen LogP contribution is 2.30. The van der Waals surface area contributed by atoms with Crippen LogP contribution in [0.1, 0.15) is 24.9 Å². The molecule has 0 spiro atoms. The fourth-order valence-electron chi connectivity index (χ4n) is 1.58. The summed E-state index contributed by atoms with van der Waals surface area (Å²) in [5, 5.41) is 2.33. The van der Waals surface area contributed by atoms with Gasteiger partial charge in [-0.15, -0.1) is 11.3 Å². The van der Waals surface area contributed by atoms with Gasteiger partial charge >= 0.3 is 0 Å². The topological polar surface area (TPSA) is 38.9 Å². The Labute approximate surface area is 108 Å². The molecule has 0 amide bonds. The Morgan fingerprint density at radius 2 is 1.83 bits per heavy atom. The van der Waals surface area contributed by atoms with Crippen LogP contribution >= 0.6 is 11.3 Å². The molecular formula is C13H14F2N2S. The maximum absolute atomic E-state index is 13.6. The molecule has 0 aliphatic carbocycles. The van der Waals surface area contributed by atoms with Crippen molar-refractivity contribution in [1.29, 1.82) is 0 Å². The number of nitrogens with zero attached hydrogens (tertiary/aromatic N) is 1. The monoisotopic (exact) mass is 268 g/mol. The second-order valence-electron chi connectivity index (χ2n) is 4.44. The SMILES string of the molecule is CC(C)C(N)c1nc(-c2c(F)cccc2F)cs1. The Morgan fingerprint density at radius 3 is 2.39 bits per heavy atom. The lowest BCUT2D eigenvalue weighted by molar-refractivity contribution is 0.512. The van der Waals surface area contributed by atoms with E-state index in [2.05, 4.69) is 4.98 Å². The number of halogens is 2. The molecule has 5 heteroatoms. The van der Waals surface area contributed by atoms with E-state index in [0.29, 0.717) is 10.7 Å². The summed E-state index contributed by atoms with van der Waals surface area (Å²) in [6.45, 7) is 3.96. The van der Waals surface area contributed by atoms with Gasteiger partial charge in [-0.3, -0.25) is 0 Å². The largest absolute Gasteiger partial charge is 0.322 e. The normalized spacial score (nSPS) is 13.0. The third-order valence-electron chi connectivity index (χ3n) is 2.74. The van der Waals surface area contributed by atoms with Crippen molar-refractivity contribution < 1.29 is 8.78 Å². The molecule has 0 saturated carbocycles. The molecule has 0 fully saturated rings. The van der Waals surface area contributed by atoms with Gasteiger partial charge in [0, 0.05) is 5.38 Å². The lowest BCUT2D eigenvalue weighted by Gasteiger charge is -2.11. The summed E-state index contributed by atoms with van der Waals surface area (Å²) in [4.78, 5) is 4.24. The van der Waals surface area contributed by atoms with Gasteiger partial charge in [-0.05, 0) is 18.1 Å². The summed E-state index contributed by atoms with van der Waals surface area (Å²) >= 11 is 1.33. The van der Waals surface area contributed by atoms with Crippen LogP contribution in [0.5, 0.6) is 0 Å². The Balaban J connectivity index is 2.41. The highest BCUT2D eigenvalue weighted by Gasteiger charge is 2.18. The molecule has 2 rings (SSSR count). The summed E-state index contributed by atoms with van der Waals surface area (Å²) in [6, 6.07) is 3.57. The van der Waals surface area contributed by atoms with E-state index in [1.54, 1.807) is 5.38 Å². The first-order valence-corrected chi connectivity index (χ1v) is 6.54. The van der Waals surface area contributed by atoms with Crippen LogP contribution < -0.4 is 5.73 Å². The molecule has 2 aromatic rings. The average Bonchev–Trinajstić information content (AvgIpc) is 2.77. The van der Waals surface area contributed by atoms with E-state index in [1.165, 1.54) is 29.5 Å². The van der Waals surface area contributed by atoms with Crippen LogP contribution in [0.15, 0.2) is 23.6 Å². The summed E-state index contributed by atoms with van der Waals surface area (Å²) < 4.78 is 27.2. The first-order chi connectivity index (χ1) is 8.50. The number of nitrogens with two attached hydrogens (primary N) is 1. The zero-order chi connectivity index (χ0) is 13.3. The molecule has 1 aromatic heterocycles. The predicted octanol–water partition coefficient (Wildman–Crippen LogP) is 3.74. The van der Waals surface area contributed by atoms with E-state index in [9.17, 15) is 8.78 Å². The van der Waals surface area contributed by atoms with E-state index >= 15 is 0 Å². The van der Waals surface area contributed by atoms with Gasteiger partial charge in [0.05, 0.1) is 17.3 Å². The first kappa shape index (κ1) is 13.1. The molecular weight excluding hydrogens is 254 g/mol. The van der Waals surface area contributed by atoms with Crippen molar-refractivity contribution in [3.63, 3.8) is 0 Å². The molecule has 1 heterocycles. The Morgan fingerprint density at radius 1 is 1.22 bits per heavy atom. The minimum absolute atomic E-state index is 0.0871. The average molecular weight is 268 g/mol. The van der Waals surface area contributed by atoms with Crippen LogP contribution in [0.2, 0.25) is 0 Å². The Kier molecular flexibility index (Phi) is 3.73. The van der Waals surface area contributed by atoms with Gasteiger partial charge in [-0.25, -0.2) is 13.8 Å². The highest BCUT2D eigenvalue weighted by molar-refractivity contribution is 7.10. The van der Waals surface area contributed by atoms with Crippen LogP contribution in [-0.2, 0) is 0 Å². The van der Waals surface area contributed by atoms with E-state index in [1.807, 2.05) is 13.8 Å². The molecule has 0 saturated heterocycles. The molecule has 1 unspecified atom stereocenters. The lowest BCUT2D eigenvalue weighted by atomic mass is 10.1. The van der Waals surface area contributed by atoms with E-state index < -0.39 is 11.6 Å². The molecule has 0 bridgehead atoms. The van der Waals surface area contributed by atoms with Gasteiger partial charge in [-0.1, -0.05) is 19.9 Å². The van der Waals surface area contributed by atoms with Crippen molar-refractivity contribution in [1.82, 2.24) is 4.98 Å². The number of benzene rings is 1. The maximum Gasteiger partial charge on any atom is 0.135 e. The Bertz CT molecular complexity index is 531. The van der Waals surface area contributed by atoms with Crippen LogP contribution in [-0.4, -0.2) is 4.98 Å². The fourth-order valence-corrected chi connectivity index (χ4v) is 2.57. The number of hydrogen-bond acceptors (Lipinski definition) is 3. The molecule has 1 aromatic carbocycles. The summed E-state index contributed by atoms with van der Waals surface area (Å²) in [7, 11) is 0. The van der Waals surface area contributed by atoms with E-state index in [4.69, 9.17) is 5.73 Å². The van der Waals surface area contributed by atoms with Gasteiger partial charge < -0.3 is 5.73 Å². The minimum Gasteiger partial charge on any atom is -0.322 e.